The molecule has 22 heavy (non-hydrogen) atoms. The van der Waals surface area contributed by atoms with Gasteiger partial charge >= 0.3 is 5.97 Å². The van der Waals surface area contributed by atoms with Crippen molar-refractivity contribution in [2.75, 3.05) is 11.4 Å². The van der Waals surface area contributed by atoms with Crippen molar-refractivity contribution in [2.45, 2.75) is 34.2 Å². The quantitative estimate of drug-likeness (QED) is 0.880. The van der Waals surface area contributed by atoms with Gasteiger partial charge in [0.1, 0.15) is 0 Å². The zero-order valence-corrected chi connectivity index (χ0v) is 14.3. The van der Waals surface area contributed by atoms with Crippen LogP contribution < -0.4 is 4.90 Å². The number of thiazole rings is 1. The second-order valence-electron chi connectivity index (χ2n) is 5.68. The molecule has 0 saturated heterocycles. The van der Waals surface area contributed by atoms with E-state index >= 15 is 0 Å². The smallest absolute Gasteiger partial charge is 0.308 e. The summed E-state index contributed by atoms with van der Waals surface area (Å²) < 4.78 is 0. The van der Waals surface area contributed by atoms with Crippen molar-refractivity contribution < 1.29 is 9.90 Å². The van der Waals surface area contributed by atoms with E-state index in [0.29, 0.717) is 13.1 Å². The van der Waals surface area contributed by atoms with Gasteiger partial charge in [-0.25, -0.2) is 4.98 Å². The molecule has 1 aromatic carbocycles. The Labute approximate surface area is 135 Å². The molecule has 0 aliphatic rings. The van der Waals surface area contributed by atoms with Crippen molar-refractivity contribution >= 4 is 22.4 Å². The molecule has 1 N–H and O–H groups in total. The molecule has 4 nitrogen and oxygen atoms in total. The summed E-state index contributed by atoms with van der Waals surface area (Å²) in [6, 6.07) is 8.19. The summed E-state index contributed by atoms with van der Waals surface area (Å²) in [6.07, 6.45) is 0. The van der Waals surface area contributed by atoms with Crippen LogP contribution in [0.5, 0.6) is 0 Å². The molecule has 0 spiro atoms. The molecule has 0 amide bonds. The third-order valence-electron chi connectivity index (χ3n) is 3.83. The zero-order chi connectivity index (χ0) is 16.3. The average Bonchev–Trinajstić information content (AvgIpc) is 2.80. The summed E-state index contributed by atoms with van der Waals surface area (Å²) in [7, 11) is 0. The molecule has 5 heteroatoms. The second kappa shape index (κ2) is 6.92. The molecule has 0 fully saturated rings. The molecule has 1 unspecified atom stereocenters. The maximum atomic E-state index is 11.2. The Morgan fingerprint density at radius 1 is 1.32 bits per heavy atom. The van der Waals surface area contributed by atoms with Gasteiger partial charge < -0.3 is 10.0 Å². The van der Waals surface area contributed by atoms with Crippen LogP contribution in [-0.2, 0) is 11.3 Å². The SMILES string of the molecule is Cc1ccccc1CN(CC(C)C(=O)O)c1nc(C)c(C)s1. The van der Waals surface area contributed by atoms with E-state index < -0.39 is 11.9 Å². The zero-order valence-electron chi connectivity index (χ0n) is 13.5. The number of aliphatic carboxylic acids is 1. The van der Waals surface area contributed by atoms with Crippen molar-refractivity contribution in [3.8, 4) is 0 Å². The summed E-state index contributed by atoms with van der Waals surface area (Å²) in [5.74, 6) is -1.21. The van der Waals surface area contributed by atoms with Crippen LogP contribution in [0, 0.1) is 26.7 Å². The predicted molar refractivity (Wildman–Crippen MR) is 90.6 cm³/mol. The molecular formula is C17H22N2O2S. The van der Waals surface area contributed by atoms with Crippen LogP contribution in [0.4, 0.5) is 5.13 Å². The highest BCUT2D eigenvalue weighted by Gasteiger charge is 2.20. The molecule has 2 rings (SSSR count). The number of rotatable bonds is 6. The van der Waals surface area contributed by atoms with Crippen molar-refractivity contribution in [1.29, 1.82) is 0 Å². The van der Waals surface area contributed by atoms with Crippen LogP contribution in [0.3, 0.4) is 0 Å². The van der Waals surface area contributed by atoms with Crippen LogP contribution in [0.15, 0.2) is 24.3 Å². The van der Waals surface area contributed by atoms with Crippen LogP contribution in [-0.4, -0.2) is 22.6 Å². The van der Waals surface area contributed by atoms with Gasteiger partial charge in [-0.15, -0.1) is 11.3 Å². The van der Waals surface area contributed by atoms with Gasteiger partial charge in [-0.3, -0.25) is 4.79 Å². The highest BCUT2D eigenvalue weighted by atomic mass is 32.1. The standard InChI is InChI=1S/C17H22N2O2S/c1-11-7-5-6-8-15(11)10-19(9-12(2)16(20)21)17-18-13(3)14(4)22-17/h5-8,12H,9-10H2,1-4H3,(H,20,21). The number of hydrogen-bond acceptors (Lipinski definition) is 4. The van der Waals surface area contributed by atoms with E-state index in [9.17, 15) is 9.90 Å². The lowest BCUT2D eigenvalue weighted by Crippen LogP contribution is -2.31. The number of benzene rings is 1. The summed E-state index contributed by atoms with van der Waals surface area (Å²) in [4.78, 5) is 19.1. The lowest BCUT2D eigenvalue weighted by Gasteiger charge is -2.24. The fourth-order valence-corrected chi connectivity index (χ4v) is 3.12. The number of aryl methyl sites for hydroxylation is 3. The molecule has 1 atom stereocenters. The predicted octanol–water partition coefficient (Wildman–Crippen LogP) is 3.80. The van der Waals surface area contributed by atoms with Gasteiger partial charge in [-0.2, -0.15) is 0 Å². The molecule has 2 aromatic rings. The minimum Gasteiger partial charge on any atom is -0.481 e. The van der Waals surface area contributed by atoms with E-state index in [1.54, 1.807) is 18.3 Å². The molecule has 1 heterocycles. The maximum absolute atomic E-state index is 11.2. The molecule has 0 saturated carbocycles. The number of carboxylic acid groups (broad SMARTS) is 1. The number of anilines is 1. The Balaban J connectivity index is 2.29. The largest absolute Gasteiger partial charge is 0.481 e. The third-order valence-corrected chi connectivity index (χ3v) is 4.96. The first kappa shape index (κ1) is 16.5. The monoisotopic (exact) mass is 318 g/mol. The Kier molecular flexibility index (Phi) is 5.19. The lowest BCUT2D eigenvalue weighted by atomic mass is 10.1. The highest BCUT2D eigenvalue weighted by molar-refractivity contribution is 7.15. The number of carboxylic acids is 1. The van der Waals surface area contributed by atoms with E-state index in [2.05, 4.69) is 28.9 Å². The van der Waals surface area contributed by atoms with E-state index in [0.717, 1.165) is 10.8 Å². The van der Waals surface area contributed by atoms with E-state index in [1.165, 1.54) is 16.0 Å². The third kappa shape index (κ3) is 3.85. The average molecular weight is 318 g/mol. The van der Waals surface area contributed by atoms with Gasteiger partial charge in [0.15, 0.2) is 5.13 Å². The first-order valence-corrected chi connectivity index (χ1v) is 8.16. The maximum Gasteiger partial charge on any atom is 0.308 e. The van der Waals surface area contributed by atoms with Crippen molar-refractivity contribution in [1.82, 2.24) is 4.98 Å². The number of nitrogens with zero attached hydrogens (tertiary/aromatic N) is 2. The lowest BCUT2D eigenvalue weighted by molar-refractivity contribution is -0.140. The number of carbonyl (C=O) groups is 1. The first-order chi connectivity index (χ1) is 10.4. The van der Waals surface area contributed by atoms with Crippen molar-refractivity contribution in [3.05, 3.63) is 46.0 Å². The van der Waals surface area contributed by atoms with Crippen LogP contribution in [0.25, 0.3) is 0 Å². The molecule has 0 radical (unpaired) electrons. The first-order valence-electron chi connectivity index (χ1n) is 7.34. The van der Waals surface area contributed by atoms with E-state index in [-0.39, 0.29) is 0 Å². The molecule has 118 valence electrons. The summed E-state index contributed by atoms with van der Waals surface area (Å²) in [5.41, 5.74) is 3.42. The molecule has 0 aliphatic carbocycles. The van der Waals surface area contributed by atoms with Crippen molar-refractivity contribution in [3.63, 3.8) is 0 Å². The molecule has 0 bridgehead atoms. The van der Waals surface area contributed by atoms with Crippen LogP contribution >= 0.6 is 11.3 Å². The summed E-state index contributed by atoms with van der Waals surface area (Å²) >= 11 is 1.62. The van der Waals surface area contributed by atoms with E-state index in [4.69, 9.17) is 0 Å². The topological polar surface area (TPSA) is 53.4 Å². The molecule has 1 aromatic heterocycles. The fourth-order valence-electron chi connectivity index (χ4n) is 2.20. The number of aromatic nitrogens is 1. The van der Waals surface area contributed by atoms with Gasteiger partial charge in [0, 0.05) is 18.0 Å². The summed E-state index contributed by atoms with van der Waals surface area (Å²) in [6.45, 7) is 8.98. The normalized spacial score (nSPS) is 12.2. The summed E-state index contributed by atoms with van der Waals surface area (Å²) in [5, 5.41) is 10.1. The van der Waals surface area contributed by atoms with E-state index in [1.807, 2.05) is 26.0 Å². The highest BCUT2D eigenvalue weighted by Crippen LogP contribution is 2.27. The minimum atomic E-state index is -0.778. The molecule has 0 aliphatic heterocycles. The van der Waals surface area contributed by atoms with Gasteiger partial charge in [0.2, 0.25) is 0 Å². The minimum absolute atomic E-state index is 0.437. The molecular weight excluding hydrogens is 296 g/mol. The Hall–Kier alpha value is -1.88. The van der Waals surface area contributed by atoms with Crippen molar-refractivity contribution in [2.24, 2.45) is 5.92 Å². The fraction of sp³-hybridized carbons (Fsp3) is 0.412. The Morgan fingerprint density at radius 2 is 2.00 bits per heavy atom. The van der Waals surface area contributed by atoms with Crippen LogP contribution in [0.2, 0.25) is 0 Å². The second-order valence-corrected chi connectivity index (χ2v) is 6.87. The van der Waals surface area contributed by atoms with Gasteiger partial charge in [-0.1, -0.05) is 31.2 Å². The van der Waals surface area contributed by atoms with Gasteiger partial charge in [0.05, 0.1) is 11.6 Å². The Morgan fingerprint density at radius 3 is 2.55 bits per heavy atom. The van der Waals surface area contributed by atoms with Gasteiger partial charge in [-0.05, 0) is 31.9 Å². The number of hydrogen-bond donors (Lipinski definition) is 1. The van der Waals surface area contributed by atoms with Crippen LogP contribution in [0.1, 0.15) is 28.6 Å². The van der Waals surface area contributed by atoms with Gasteiger partial charge in [0.25, 0.3) is 0 Å². The Bertz CT molecular complexity index is 647.